The topological polar surface area (TPSA) is 35.2 Å². The lowest BCUT2D eigenvalue weighted by Crippen LogP contribution is -2.39. The number of nitrogens with two attached hydrogens (primary N) is 1. The summed E-state index contributed by atoms with van der Waals surface area (Å²) < 4.78 is 5.78. The van der Waals surface area contributed by atoms with E-state index in [2.05, 4.69) is 13.8 Å². The first-order chi connectivity index (χ1) is 5.60. The van der Waals surface area contributed by atoms with Crippen LogP contribution in [0.25, 0.3) is 0 Å². The van der Waals surface area contributed by atoms with Crippen molar-refractivity contribution in [1.82, 2.24) is 0 Å². The molecule has 2 aliphatic rings. The van der Waals surface area contributed by atoms with Crippen molar-refractivity contribution in [1.29, 1.82) is 0 Å². The predicted octanol–water partition coefficient (Wildman–Crippen LogP) is 1.68. The van der Waals surface area contributed by atoms with Crippen LogP contribution in [0.2, 0.25) is 0 Å². The molecule has 2 heteroatoms. The molecule has 3 unspecified atom stereocenters. The SMILES string of the molecule is CCC1(C)CC2(CCO1)CC2N. The maximum atomic E-state index is 5.95. The highest BCUT2D eigenvalue weighted by atomic mass is 16.5. The summed E-state index contributed by atoms with van der Waals surface area (Å²) in [5, 5.41) is 0. The molecule has 3 atom stereocenters. The Morgan fingerprint density at radius 1 is 1.58 bits per heavy atom. The van der Waals surface area contributed by atoms with E-state index in [1.807, 2.05) is 0 Å². The van der Waals surface area contributed by atoms with Crippen LogP contribution in [0, 0.1) is 5.41 Å². The first-order valence-corrected chi connectivity index (χ1v) is 5.00. The molecule has 1 heterocycles. The molecule has 1 saturated carbocycles. The van der Waals surface area contributed by atoms with Crippen molar-refractivity contribution in [3.63, 3.8) is 0 Å². The highest BCUT2D eigenvalue weighted by Crippen LogP contribution is 2.56. The molecule has 2 fully saturated rings. The van der Waals surface area contributed by atoms with Crippen LogP contribution in [0.5, 0.6) is 0 Å². The molecule has 1 saturated heterocycles. The van der Waals surface area contributed by atoms with Crippen LogP contribution in [-0.2, 0) is 4.74 Å². The van der Waals surface area contributed by atoms with Gasteiger partial charge in [0, 0.05) is 12.6 Å². The first kappa shape index (κ1) is 8.52. The molecule has 0 aromatic carbocycles. The fourth-order valence-electron chi connectivity index (χ4n) is 2.48. The fraction of sp³-hybridized carbons (Fsp3) is 1.00. The normalized spacial score (nSPS) is 52.8. The van der Waals surface area contributed by atoms with Crippen LogP contribution in [0.1, 0.15) is 39.5 Å². The van der Waals surface area contributed by atoms with Gasteiger partial charge in [0.15, 0.2) is 0 Å². The summed E-state index contributed by atoms with van der Waals surface area (Å²) in [5.41, 5.74) is 6.54. The minimum Gasteiger partial charge on any atom is -0.375 e. The Kier molecular flexibility index (Phi) is 1.74. The van der Waals surface area contributed by atoms with E-state index in [1.165, 1.54) is 19.3 Å². The molecule has 0 aromatic heterocycles. The molecule has 2 N–H and O–H groups in total. The van der Waals surface area contributed by atoms with Crippen molar-refractivity contribution >= 4 is 0 Å². The quantitative estimate of drug-likeness (QED) is 0.648. The summed E-state index contributed by atoms with van der Waals surface area (Å²) in [6.45, 7) is 5.34. The van der Waals surface area contributed by atoms with E-state index in [4.69, 9.17) is 10.5 Å². The maximum absolute atomic E-state index is 5.95. The van der Waals surface area contributed by atoms with Crippen LogP contribution in [0.15, 0.2) is 0 Å². The van der Waals surface area contributed by atoms with Crippen LogP contribution >= 0.6 is 0 Å². The van der Waals surface area contributed by atoms with Gasteiger partial charge in [-0.25, -0.2) is 0 Å². The van der Waals surface area contributed by atoms with E-state index in [0.29, 0.717) is 11.5 Å². The number of ether oxygens (including phenoxy) is 1. The van der Waals surface area contributed by atoms with Gasteiger partial charge in [-0.3, -0.25) is 0 Å². The monoisotopic (exact) mass is 169 g/mol. The highest BCUT2D eigenvalue weighted by molar-refractivity contribution is 5.10. The van der Waals surface area contributed by atoms with Crippen molar-refractivity contribution in [2.45, 2.75) is 51.2 Å². The van der Waals surface area contributed by atoms with Gasteiger partial charge >= 0.3 is 0 Å². The second-order valence-electron chi connectivity index (χ2n) is 4.75. The summed E-state index contributed by atoms with van der Waals surface area (Å²) in [5.74, 6) is 0. The minimum absolute atomic E-state index is 0.117. The summed E-state index contributed by atoms with van der Waals surface area (Å²) in [6.07, 6.45) is 4.70. The molecule has 12 heavy (non-hydrogen) atoms. The Labute approximate surface area is 74.5 Å². The molecule has 0 amide bonds. The average molecular weight is 169 g/mol. The molecule has 0 bridgehead atoms. The highest BCUT2D eigenvalue weighted by Gasteiger charge is 2.56. The van der Waals surface area contributed by atoms with Crippen LogP contribution in [0.3, 0.4) is 0 Å². The second kappa shape index (κ2) is 2.46. The van der Waals surface area contributed by atoms with E-state index < -0.39 is 0 Å². The van der Waals surface area contributed by atoms with Gasteiger partial charge < -0.3 is 10.5 Å². The van der Waals surface area contributed by atoms with E-state index in [0.717, 1.165) is 13.0 Å². The van der Waals surface area contributed by atoms with Crippen molar-refractivity contribution in [3.05, 3.63) is 0 Å². The van der Waals surface area contributed by atoms with E-state index >= 15 is 0 Å². The smallest absolute Gasteiger partial charge is 0.0657 e. The minimum atomic E-state index is 0.117. The maximum Gasteiger partial charge on any atom is 0.0657 e. The molecule has 1 aliphatic carbocycles. The van der Waals surface area contributed by atoms with Crippen LogP contribution in [-0.4, -0.2) is 18.2 Å². The lowest BCUT2D eigenvalue weighted by molar-refractivity contribution is -0.0942. The Bertz CT molecular complexity index is 186. The molecule has 70 valence electrons. The van der Waals surface area contributed by atoms with Gasteiger partial charge in [-0.15, -0.1) is 0 Å². The van der Waals surface area contributed by atoms with Crippen LogP contribution < -0.4 is 5.73 Å². The lowest BCUT2D eigenvalue weighted by atomic mass is 9.82. The number of rotatable bonds is 1. The van der Waals surface area contributed by atoms with Crippen LogP contribution in [0.4, 0.5) is 0 Å². The van der Waals surface area contributed by atoms with Gasteiger partial charge in [0.25, 0.3) is 0 Å². The van der Waals surface area contributed by atoms with Crippen molar-refractivity contribution in [3.8, 4) is 0 Å². The summed E-state index contributed by atoms with van der Waals surface area (Å²) >= 11 is 0. The number of hydrogen-bond acceptors (Lipinski definition) is 2. The third kappa shape index (κ3) is 1.17. The predicted molar refractivity (Wildman–Crippen MR) is 48.9 cm³/mol. The third-order valence-corrected chi connectivity index (χ3v) is 3.78. The van der Waals surface area contributed by atoms with Gasteiger partial charge in [0.2, 0.25) is 0 Å². The van der Waals surface area contributed by atoms with Gasteiger partial charge in [0.1, 0.15) is 0 Å². The molecule has 2 rings (SSSR count). The second-order valence-corrected chi connectivity index (χ2v) is 4.75. The first-order valence-electron chi connectivity index (χ1n) is 5.00. The van der Waals surface area contributed by atoms with Gasteiger partial charge in [-0.2, -0.15) is 0 Å². The zero-order valence-corrected chi connectivity index (χ0v) is 8.10. The van der Waals surface area contributed by atoms with Gasteiger partial charge in [-0.1, -0.05) is 6.92 Å². The molecule has 1 aliphatic heterocycles. The Morgan fingerprint density at radius 3 is 2.75 bits per heavy atom. The summed E-state index contributed by atoms with van der Waals surface area (Å²) in [7, 11) is 0. The molecule has 0 radical (unpaired) electrons. The molecular weight excluding hydrogens is 150 g/mol. The van der Waals surface area contributed by atoms with Gasteiger partial charge in [-0.05, 0) is 38.0 Å². The van der Waals surface area contributed by atoms with Gasteiger partial charge in [0.05, 0.1) is 5.60 Å². The molecular formula is C10H19NO. The van der Waals surface area contributed by atoms with E-state index in [9.17, 15) is 0 Å². The summed E-state index contributed by atoms with van der Waals surface area (Å²) in [4.78, 5) is 0. The van der Waals surface area contributed by atoms with Crippen molar-refractivity contribution in [2.24, 2.45) is 11.1 Å². The Balaban J connectivity index is 2.05. The summed E-state index contributed by atoms with van der Waals surface area (Å²) in [6, 6.07) is 0.465. The van der Waals surface area contributed by atoms with Crippen molar-refractivity contribution < 1.29 is 4.74 Å². The zero-order valence-electron chi connectivity index (χ0n) is 8.10. The average Bonchev–Trinajstić information content (AvgIpc) is 2.61. The van der Waals surface area contributed by atoms with E-state index in [-0.39, 0.29) is 5.60 Å². The Hall–Kier alpha value is -0.0800. The molecule has 1 spiro atoms. The largest absolute Gasteiger partial charge is 0.375 e. The number of hydrogen-bond donors (Lipinski definition) is 1. The zero-order chi connectivity index (χ0) is 8.82. The molecule has 2 nitrogen and oxygen atoms in total. The lowest BCUT2D eigenvalue weighted by Gasteiger charge is -2.38. The molecule has 0 aromatic rings. The Morgan fingerprint density at radius 2 is 2.25 bits per heavy atom. The standard InChI is InChI=1S/C10H19NO/c1-3-9(2)7-10(4-5-12-9)6-8(10)11/h8H,3-7,11H2,1-2H3. The fourth-order valence-corrected chi connectivity index (χ4v) is 2.48. The van der Waals surface area contributed by atoms with E-state index in [1.54, 1.807) is 0 Å². The van der Waals surface area contributed by atoms with Crippen molar-refractivity contribution in [2.75, 3.05) is 6.61 Å². The third-order valence-electron chi connectivity index (χ3n) is 3.78.